The fourth-order valence-corrected chi connectivity index (χ4v) is 3.63. The van der Waals surface area contributed by atoms with Gasteiger partial charge >= 0.3 is 0 Å². The minimum absolute atomic E-state index is 0.0506. The van der Waals surface area contributed by atoms with E-state index in [-0.39, 0.29) is 17.2 Å². The summed E-state index contributed by atoms with van der Waals surface area (Å²) in [4.78, 5) is -0.0506. The molecule has 9 heteroatoms. The number of methoxy groups -OCH3 is 4. The minimum atomic E-state index is -3.91. The lowest BCUT2D eigenvalue weighted by molar-refractivity contribution is 0.181. The first-order valence-corrected chi connectivity index (χ1v) is 9.46. The largest absolute Gasteiger partial charge is 0.497 e. The maximum atomic E-state index is 12.6. The van der Waals surface area contributed by atoms with Crippen LogP contribution in [0.2, 0.25) is 0 Å². The highest BCUT2D eigenvalue weighted by atomic mass is 32.2. The zero-order valence-corrected chi connectivity index (χ0v) is 16.4. The fourth-order valence-electron chi connectivity index (χ4n) is 2.44. The van der Waals surface area contributed by atoms with Crippen molar-refractivity contribution in [3.05, 3.63) is 42.0 Å². The van der Waals surface area contributed by atoms with E-state index in [0.717, 1.165) is 0 Å². The van der Waals surface area contributed by atoms with Gasteiger partial charge in [-0.3, -0.25) is 0 Å². The molecule has 27 heavy (non-hydrogen) atoms. The molecule has 8 nitrogen and oxygen atoms in total. The van der Waals surface area contributed by atoms with Crippen molar-refractivity contribution in [1.82, 2.24) is 4.72 Å². The molecule has 0 fully saturated rings. The Morgan fingerprint density at radius 2 is 1.56 bits per heavy atom. The van der Waals surface area contributed by atoms with Crippen molar-refractivity contribution in [2.75, 3.05) is 35.0 Å². The van der Waals surface area contributed by atoms with Gasteiger partial charge in [0.15, 0.2) is 11.5 Å². The van der Waals surface area contributed by atoms with Crippen LogP contribution in [0.15, 0.2) is 41.3 Å². The van der Waals surface area contributed by atoms with Crippen LogP contribution in [-0.4, -0.2) is 48.5 Å². The van der Waals surface area contributed by atoms with E-state index in [2.05, 4.69) is 4.72 Å². The summed E-state index contributed by atoms with van der Waals surface area (Å²) in [5, 5.41) is 10.3. The summed E-state index contributed by atoms with van der Waals surface area (Å²) in [5.41, 5.74) is 0.483. The smallest absolute Gasteiger partial charge is 0.244 e. The van der Waals surface area contributed by atoms with Crippen LogP contribution >= 0.6 is 0 Å². The molecule has 1 unspecified atom stereocenters. The first-order valence-electron chi connectivity index (χ1n) is 7.98. The lowest BCUT2D eigenvalue weighted by Gasteiger charge is -2.16. The molecule has 0 aliphatic rings. The number of nitrogens with one attached hydrogen (secondary N) is 1. The highest BCUT2D eigenvalue weighted by molar-refractivity contribution is 7.89. The Morgan fingerprint density at radius 1 is 0.889 bits per heavy atom. The second-order valence-corrected chi connectivity index (χ2v) is 7.23. The molecule has 0 aliphatic heterocycles. The summed E-state index contributed by atoms with van der Waals surface area (Å²) in [5.74, 6) is 1.56. The highest BCUT2D eigenvalue weighted by Crippen LogP contribution is 2.31. The van der Waals surface area contributed by atoms with Crippen LogP contribution in [-0.2, 0) is 10.0 Å². The molecule has 148 valence electrons. The number of aliphatic hydroxyl groups is 1. The second kappa shape index (κ2) is 8.94. The van der Waals surface area contributed by atoms with Gasteiger partial charge in [-0.2, -0.15) is 0 Å². The SMILES string of the molecule is COc1ccc(S(=O)(=O)NCC(O)c2ccc(OC)c(OC)c2)c(OC)c1. The van der Waals surface area contributed by atoms with Crippen LogP contribution < -0.4 is 23.7 Å². The van der Waals surface area contributed by atoms with E-state index < -0.39 is 16.1 Å². The Bertz CT molecular complexity index is 883. The number of sulfonamides is 1. The Morgan fingerprint density at radius 3 is 2.15 bits per heavy atom. The van der Waals surface area contributed by atoms with Crippen molar-refractivity contribution in [2.45, 2.75) is 11.0 Å². The zero-order valence-electron chi connectivity index (χ0n) is 15.6. The number of rotatable bonds is 9. The Kier molecular flexibility index (Phi) is 6.89. The average molecular weight is 397 g/mol. The molecule has 0 saturated heterocycles. The maximum absolute atomic E-state index is 12.6. The fraction of sp³-hybridized carbons (Fsp3) is 0.333. The highest BCUT2D eigenvalue weighted by Gasteiger charge is 2.22. The first kappa shape index (κ1) is 20.8. The second-order valence-electron chi connectivity index (χ2n) is 5.50. The predicted octanol–water partition coefficient (Wildman–Crippen LogP) is 1.73. The van der Waals surface area contributed by atoms with Gasteiger partial charge in [0.05, 0.1) is 34.5 Å². The third-order valence-electron chi connectivity index (χ3n) is 3.92. The molecule has 0 aliphatic carbocycles. The van der Waals surface area contributed by atoms with Gasteiger partial charge in [0.25, 0.3) is 0 Å². The van der Waals surface area contributed by atoms with E-state index in [4.69, 9.17) is 18.9 Å². The lowest BCUT2D eigenvalue weighted by Crippen LogP contribution is -2.29. The summed E-state index contributed by atoms with van der Waals surface area (Å²) in [6.07, 6.45) is -1.08. The monoisotopic (exact) mass is 397 g/mol. The van der Waals surface area contributed by atoms with Gasteiger partial charge in [0.1, 0.15) is 16.4 Å². The molecule has 1 atom stereocenters. The first-order chi connectivity index (χ1) is 12.9. The van der Waals surface area contributed by atoms with Crippen LogP contribution in [0, 0.1) is 0 Å². The van der Waals surface area contributed by atoms with Gasteiger partial charge in [-0.05, 0) is 29.8 Å². The van der Waals surface area contributed by atoms with Crippen LogP contribution in [0.5, 0.6) is 23.0 Å². The molecule has 0 amide bonds. The summed E-state index contributed by atoms with van der Waals surface area (Å²) < 4.78 is 48.1. The van der Waals surface area contributed by atoms with Crippen molar-refractivity contribution in [2.24, 2.45) is 0 Å². The molecule has 2 aromatic carbocycles. The van der Waals surface area contributed by atoms with Gasteiger partial charge in [0.2, 0.25) is 10.0 Å². The van der Waals surface area contributed by atoms with Crippen molar-refractivity contribution in [3.63, 3.8) is 0 Å². The van der Waals surface area contributed by atoms with Gasteiger partial charge in [-0.1, -0.05) is 6.07 Å². The van der Waals surface area contributed by atoms with Crippen molar-refractivity contribution < 1.29 is 32.5 Å². The standard InChI is InChI=1S/C18H23NO7S/c1-23-13-6-8-18(17(10-13)26-4)27(21,22)19-11-14(20)12-5-7-15(24-2)16(9-12)25-3/h5-10,14,19-20H,11H2,1-4H3. The Labute approximate surface area is 158 Å². The van der Waals surface area contributed by atoms with Crippen LogP contribution in [0.1, 0.15) is 11.7 Å². The molecule has 0 saturated carbocycles. The van der Waals surface area contributed by atoms with E-state index in [9.17, 15) is 13.5 Å². The van der Waals surface area contributed by atoms with Gasteiger partial charge < -0.3 is 24.1 Å². The Balaban J connectivity index is 2.17. The van der Waals surface area contributed by atoms with Crippen molar-refractivity contribution in [3.8, 4) is 23.0 Å². The molecule has 0 heterocycles. The summed E-state index contributed by atoms with van der Waals surface area (Å²) in [6, 6.07) is 9.22. The topological polar surface area (TPSA) is 103 Å². The molecular weight excluding hydrogens is 374 g/mol. The molecule has 0 aromatic heterocycles. The summed E-state index contributed by atoms with van der Waals surface area (Å²) in [6.45, 7) is -0.229. The number of ether oxygens (including phenoxy) is 4. The van der Waals surface area contributed by atoms with Crippen molar-refractivity contribution >= 4 is 10.0 Å². The molecule has 0 radical (unpaired) electrons. The van der Waals surface area contributed by atoms with Crippen LogP contribution in [0.3, 0.4) is 0 Å². The summed E-state index contributed by atoms with van der Waals surface area (Å²) >= 11 is 0. The predicted molar refractivity (Wildman–Crippen MR) is 99.2 cm³/mol. The maximum Gasteiger partial charge on any atom is 0.244 e. The lowest BCUT2D eigenvalue weighted by atomic mass is 10.1. The molecule has 0 bridgehead atoms. The number of benzene rings is 2. The molecule has 0 spiro atoms. The molecule has 2 aromatic rings. The van der Waals surface area contributed by atoms with Crippen molar-refractivity contribution in [1.29, 1.82) is 0 Å². The zero-order chi connectivity index (χ0) is 20.0. The van der Waals surface area contributed by atoms with Crippen LogP contribution in [0.4, 0.5) is 0 Å². The Hall–Kier alpha value is -2.49. The molecular formula is C18H23NO7S. The van der Waals surface area contributed by atoms with Gasteiger partial charge in [-0.25, -0.2) is 13.1 Å². The number of hydrogen-bond donors (Lipinski definition) is 2. The third-order valence-corrected chi connectivity index (χ3v) is 5.38. The number of aliphatic hydroxyl groups excluding tert-OH is 1. The third kappa shape index (κ3) is 4.82. The molecule has 2 rings (SSSR count). The van der Waals surface area contributed by atoms with E-state index in [1.165, 1.54) is 46.6 Å². The van der Waals surface area contributed by atoms with Crippen LogP contribution in [0.25, 0.3) is 0 Å². The van der Waals surface area contributed by atoms with E-state index in [1.54, 1.807) is 18.2 Å². The quantitative estimate of drug-likeness (QED) is 0.664. The van der Waals surface area contributed by atoms with Gasteiger partial charge in [-0.15, -0.1) is 0 Å². The molecule has 2 N–H and O–H groups in total. The minimum Gasteiger partial charge on any atom is -0.497 e. The normalized spacial score (nSPS) is 12.3. The van der Waals surface area contributed by atoms with E-state index in [1.807, 2.05) is 0 Å². The summed E-state index contributed by atoms with van der Waals surface area (Å²) in [7, 11) is 1.92. The van der Waals surface area contributed by atoms with E-state index >= 15 is 0 Å². The average Bonchev–Trinajstić information content (AvgIpc) is 2.70. The van der Waals surface area contributed by atoms with Gasteiger partial charge in [0, 0.05) is 12.6 Å². The number of hydrogen-bond acceptors (Lipinski definition) is 7. The van der Waals surface area contributed by atoms with E-state index in [0.29, 0.717) is 22.8 Å².